The van der Waals surface area contributed by atoms with Crippen LogP contribution < -0.4 is 10.6 Å². The molecule has 0 aromatic heterocycles. The van der Waals surface area contributed by atoms with E-state index >= 15 is 0 Å². The van der Waals surface area contributed by atoms with Crippen molar-refractivity contribution < 1.29 is 22.4 Å². The lowest BCUT2D eigenvalue weighted by Crippen LogP contribution is -2.45. The minimum absolute atomic E-state index is 0.183. The zero-order chi connectivity index (χ0) is 15.3. The van der Waals surface area contributed by atoms with Gasteiger partial charge in [0.05, 0.1) is 4.90 Å². The summed E-state index contributed by atoms with van der Waals surface area (Å²) in [5, 5.41) is 2.78. The van der Waals surface area contributed by atoms with Crippen LogP contribution in [0.5, 0.6) is 0 Å². The van der Waals surface area contributed by atoms with Gasteiger partial charge in [-0.2, -0.15) is 0 Å². The minimum Gasteiger partial charge on any atom is -0.338 e. The van der Waals surface area contributed by atoms with E-state index in [1.54, 1.807) is 6.92 Å². The van der Waals surface area contributed by atoms with E-state index in [9.17, 15) is 22.4 Å². The predicted molar refractivity (Wildman–Crippen MR) is 70.3 cm³/mol. The van der Waals surface area contributed by atoms with Crippen molar-refractivity contribution in [2.45, 2.75) is 24.0 Å². The van der Waals surface area contributed by atoms with Crippen LogP contribution in [-0.4, -0.2) is 32.2 Å². The number of imide groups is 1. The first-order valence-electron chi connectivity index (χ1n) is 5.87. The number of halogens is 1. The van der Waals surface area contributed by atoms with E-state index in [2.05, 4.69) is 5.32 Å². The smallest absolute Gasteiger partial charge is 0.321 e. The number of benzene rings is 1. The van der Waals surface area contributed by atoms with Crippen molar-refractivity contribution in [3.8, 4) is 0 Å². The van der Waals surface area contributed by atoms with E-state index in [1.807, 2.05) is 5.32 Å². The van der Waals surface area contributed by atoms with E-state index in [0.29, 0.717) is 6.54 Å². The third kappa shape index (κ3) is 3.77. The fourth-order valence-electron chi connectivity index (χ4n) is 1.39. The zero-order valence-electron chi connectivity index (χ0n) is 11.0. The van der Waals surface area contributed by atoms with Gasteiger partial charge in [-0.1, -0.05) is 0 Å². The molecule has 0 aliphatic heterocycles. The standard InChI is InChI=1S/C12H15FN2O4S/c1-3-14-12(17)15-11(16)8(2)20(18,19)10-6-4-9(13)5-7-10/h4-8H,3H2,1-2H3,(H2,14,15,16,17). The van der Waals surface area contributed by atoms with Crippen LogP contribution in [0.15, 0.2) is 29.2 Å². The molecule has 3 amide bonds. The van der Waals surface area contributed by atoms with Gasteiger partial charge in [0.15, 0.2) is 9.84 Å². The lowest BCUT2D eigenvalue weighted by Gasteiger charge is -2.12. The largest absolute Gasteiger partial charge is 0.338 e. The SMILES string of the molecule is CCNC(=O)NC(=O)C(C)S(=O)(=O)c1ccc(F)cc1. The number of amides is 3. The van der Waals surface area contributed by atoms with Gasteiger partial charge in [-0.15, -0.1) is 0 Å². The maximum absolute atomic E-state index is 12.8. The average Bonchev–Trinajstić information content (AvgIpc) is 2.38. The Labute approximate surface area is 116 Å². The molecule has 1 atom stereocenters. The van der Waals surface area contributed by atoms with E-state index in [-0.39, 0.29) is 4.90 Å². The second kappa shape index (κ2) is 6.47. The summed E-state index contributed by atoms with van der Waals surface area (Å²) in [6.45, 7) is 3.12. The van der Waals surface area contributed by atoms with Crippen molar-refractivity contribution in [2.24, 2.45) is 0 Å². The second-order valence-corrected chi connectivity index (χ2v) is 6.26. The molecule has 0 spiro atoms. The van der Waals surface area contributed by atoms with Gasteiger partial charge in [-0.05, 0) is 38.1 Å². The molecule has 110 valence electrons. The summed E-state index contributed by atoms with van der Waals surface area (Å²) in [5.41, 5.74) is 0. The van der Waals surface area contributed by atoms with Crippen molar-refractivity contribution in [1.82, 2.24) is 10.6 Å². The molecule has 2 N–H and O–H groups in total. The summed E-state index contributed by atoms with van der Waals surface area (Å²) in [5.74, 6) is -1.52. The molecule has 1 unspecified atom stereocenters. The first-order chi connectivity index (χ1) is 9.28. The first-order valence-corrected chi connectivity index (χ1v) is 7.41. The van der Waals surface area contributed by atoms with Crippen LogP contribution in [0.2, 0.25) is 0 Å². The molecule has 0 radical (unpaired) electrons. The molecule has 0 saturated heterocycles. The van der Waals surface area contributed by atoms with E-state index in [0.717, 1.165) is 31.2 Å². The molecule has 1 rings (SSSR count). The summed E-state index contributed by atoms with van der Waals surface area (Å²) in [7, 11) is -3.97. The van der Waals surface area contributed by atoms with Crippen LogP contribution in [0, 0.1) is 5.82 Å². The lowest BCUT2D eigenvalue weighted by molar-refractivity contribution is -0.119. The highest BCUT2D eigenvalue weighted by Gasteiger charge is 2.30. The number of hydrogen-bond donors (Lipinski definition) is 2. The van der Waals surface area contributed by atoms with E-state index in [1.165, 1.54) is 0 Å². The van der Waals surface area contributed by atoms with Crippen LogP contribution in [0.4, 0.5) is 9.18 Å². The van der Waals surface area contributed by atoms with Gasteiger partial charge in [0.25, 0.3) is 0 Å². The molecule has 20 heavy (non-hydrogen) atoms. The van der Waals surface area contributed by atoms with Gasteiger partial charge in [0, 0.05) is 6.54 Å². The maximum atomic E-state index is 12.8. The van der Waals surface area contributed by atoms with Crippen molar-refractivity contribution in [1.29, 1.82) is 0 Å². The molecular formula is C12H15FN2O4S. The van der Waals surface area contributed by atoms with Crippen molar-refractivity contribution >= 4 is 21.8 Å². The fraction of sp³-hybridized carbons (Fsp3) is 0.333. The van der Waals surface area contributed by atoms with Gasteiger partial charge in [-0.25, -0.2) is 17.6 Å². The Hall–Kier alpha value is -1.96. The molecule has 0 heterocycles. The topological polar surface area (TPSA) is 92.3 Å². The van der Waals surface area contributed by atoms with Gasteiger partial charge in [0.1, 0.15) is 11.1 Å². The van der Waals surface area contributed by atoms with Crippen molar-refractivity contribution in [3.63, 3.8) is 0 Å². The highest BCUT2D eigenvalue weighted by molar-refractivity contribution is 7.92. The van der Waals surface area contributed by atoms with Crippen molar-refractivity contribution in [3.05, 3.63) is 30.1 Å². The summed E-state index contributed by atoms with van der Waals surface area (Å²) >= 11 is 0. The first kappa shape index (κ1) is 16.1. The molecule has 8 heteroatoms. The Bertz CT molecular complexity index is 598. The maximum Gasteiger partial charge on any atom is 0.321 e. The van der Waals surface area contributed by atoms with Gasteiger partial charge in [0.2, 0.25) is 5.91 Å². The Morgan fingerprint density at radius 1 is 1.25 bits per heavy atom. The zero-order valence-corrected chi connectivity index (χ0v) is 11.8. The highest BCUT2D eigenvalue weighted by atomic mass is 32.2. The molecule has 1 aromatic carbocycles. The van der Waals surface area contributed by atoms with Crippen molar-refractivity contribution in [2.75, 3.05) is 6.54 Å². The number of nitrogens with one attached hydrogen (secondary N) is 2. The third-order valence-corrected chi connectivity index (χ3v) is 4.63. The number of sulfone groups is 1. The quantitative estimate of drug-likeness (QED) is 0.806. The normalized spacial score (nSPS) is 12.6. The van der Waals surface area contributed by atoms with Crippen LogP contribution >= 0.6 is 0 Å². The van der Waals surface area contributed by atoms with Gasteiger partial charge < -0.3 is 5.32 Å². The van der Waals surface area contributed by atoms with E-state index < -0.39 is 32.8 Å². The third-order valence-electron chi connectivity index (χ3n) is 2.55. The summed E-state index contributed by atoms with van der Waals surface area (Å²) < 4.78 is 37.0. The number of carbonyl (C=O) groups excluding carboxylic acids is 2. The number of rotatable bonds is 4. The number of hydrogen-bond acceptors (Lipinski definition) is 4. The molecule has 1 aromatic rings. The molecule has 0 aliphatic carbocycles. The highest BCUT2D eigenvalue weighted by Crippen LogP contribution is 2.16. The Balaban J connectivity index is 2.89. The number of urea groups is 1. The summed E-state index contributed by atoms with van der Waals surface area (Å²) in [6, 6.07) is 3.35. The Kier molecular flexibility index (Phi) is 5.20. The monoisotopic (exact) mass is 302 g/mol. The molecule has 0 saturated carbocycles. The average molecular weight is 302 g/mol. The Morgan fingerprint density at radius 2 is 1.80 bits per heavy atom. The molecule has 6 nitrogen and oxygen atoms in total. The van der Waals surface area contributed by atoms with Crippen LogP contribution in [0.25, 0.3) is 0 Å². The number of carbonyl (C=O) groups is 2. The minimum atomic E-state index is -3.97. The molecule has 0 bridgehead atoms. The van der Waals surface area contributed by atoms with Gasteiger partial charge in [-0.3, -0.25) is 10.1 Å². The molecule has 0 fully saturated rings. The fourth-order valence-corrected chi connectivity index (χ4v) is 2.65. The summed E-state index contributed by atoms with van der Waals surface area (Å²) in [6.07, 6.45) is 0. The Morgan fingerprint density at radius 3 is 2.30 bits per heavy atom. The second-order valence-electron chi connectivity index (χ2n) is 3.99. The molecule has 0 aliphatic rings. The predicted octanol–water partition coefficient (Wildman–Crippen LogP) is 0.834. The van der Waals surface area contributed by atoms with E-state index in [4.69, 9.17) is 0 Å². The van der Waals surface area contributed by atoms with Crippen LogP contribution in [0.1, 0.15) is 13.8 Å². The lowest BCUT2D eigenvalue weighted by atomic mass is 10.3. The van der Waals surface area contributed by atoms with Crippen LogP contribution in [-0.2, 0) is 14.6 Å². The molecular weight excluding hydrogens is 287 g/mol. The summed E-state index contributed by atoms with van der Waals surface area (Å²) in [4.78, 5) is 22.7. The van der Waals surface area contributed by atoms with Crippen LogP contribution in [0.3, 0.4) is 0 Å². The van der Waals surface area contributed by atoms with Gasteiger partial charge >= 0.3 is 6.03 Å².